The van der Waals surface area contributed by atoms with Gasteiger partial charge in [0.2, 0.25) is 0 Å². The molecule has 1 aromatic rings. The average Bonchev–Trinajstić information content (AvgIpc) is 2.69. The molecule has 0 bridgehead atoms. The Morgan fingerprint density at radius 1 is 1.38 bits per heavy atom. The average molecular weight is 331 g/mol. The Balaban J connectivity index is 2.33. The van der Waals surface area contributed by atoms with Crippen molar-refractivity contribution < 1.29 is 8.42 Å². The summed E-state index contributed by atoms with van der Waals surface area (Å²) in [5.41, 5.74) is 1.07. The SMILES string of the molecule is CCC1CCCCCN1S(=O)(=O)c1cc(C)c(CNC)s1. The molecule has 0 amide bonds. The summed E-state index contributed by atoms with van der Waals surface area (Å²) in [6, 6.07) is 2.00. The second kappa shape index (κ2) is 7.22. The van der Waals surface area contributed by atoms with Crippen molar-refractivity contribution in [2.75, 3.05) is 13.6 Å². The van der Waals surface area contributed by atoms with Crippen LogP contribution in [0.1, 0.15) is 49.5 Å². The lowest BCUT2D eigenvalue weighted by Crippen LogP contribution is -2.39. The molecule has 6 heteroatoms. The lowest BCUT2D eigenvalue weighted by molar-refractivity contribution is 0.315. The molecule has 1 aliphatic rings. The van der Waals surface area contributed by atoms with E-state index in [0.29, 0.717) is 10.8 Å². The van der Waals surface area contributed by atoms with Crippen LogP contribution < -0.4 is 5.32 Å². The molecule has 1 aromatic heterocycles. The van der Waals surface area contributed by atoms with Crippen molar-refractivity contribution in [2.24, 2.45) is 0 Å². The lowest BCUT2D eigenvalue weighted by Gasteiger charge is -2.27. The first-order valence-electron chi connectivity index (χ1n) is 7.76. The van der Waals surface area contributed by atoms with E-state index < -0.39 is 10.0 Å². The summed E-state index contributed by atoms with van der Waals surface area (Å²) in [6.45, 7) is 5.47. The van der Waals surface area contributed by atoms with Crippen LogP contribution in [0.5, 0.6) is 0 Å². The molecular weight excluding hydrogens is 304 g/mol. The number of aryl methyl sites for hydroxylation is 1. The van der Waals surface area contributed by atoms with Crippen LogP contribution in [0, 0.1) is 6.92 Å². The molecule has 2 rings (SSSR count). The number of sulfonamides is 1. The van der Waals surface area contributed by atoms with Crippen molar-refractivity contribution in [1.82, 2.24) is 9.62 Å². The molecule has 1 N–H and O–H groups in total. The molecule has 0 saturated carbocycles. The predicted molar refractivity (Wildman–Crippen MR) is 88.3 cm³/mol. The van der Waals surface area contributed by atoms with Crippen LogP contribution in [0.15, 0.2) is 10.3 Å². The van der Waals surface area contributed by atoms with Crippen molar-refractivity contribution in [1.29, 1.82) is 0 Å². The fourth-order valence-corrected chi connectivity index (χ4v) is 6.44. The van der Waals surface area contributed by atoms with Crippen LogP contribution in [0.4, 0.5) is 0 Å². The molecule has 2 heterocycles. The molecule has 0 spiro atoms. The zero-order valence-corrected chi connectivity index (χ0v) is 14.8. The van der Waals surface area contributed by atoms with E-state index in [-0.39, 0.29) is 6.04 Å². The van der Waals surface area contributed by atoms with E-state index in [9.17, 15) is 8.42 Å². The topological polar surface area (TPSA) is 49.4 Å². The van der Waals surface area contributed by atoms with E-state index in [1.165, 1.54) is 11.3 Å². The summed E-state index contributed by atoms with van der Waals surface area (Å²) in [4.78, 5) is 1.11. The molecule has 1 fully saturated rings. The molecule has 1 unspecified atom stereocenters. The highest BCUT2D eigenvalue weighted by Crippen LogP contribution is 2.32. The van der Waals surface area contributed by atoms with Crippen molar-refractivity contribution in [3.63, 3.8) is 0 Å². The van der Waals surface area contributed by atoms with Crippen molar-refractivity contribution >= 4 is 21.4 Å². The van der Waals surface area contributed by atoms with Crippen molar-refractivity contribution in [3.8, 4) is 0 Å². The molecule has 1 atom stereocenters. The minimum atomic E-state index is -3.34. The van der Waals surface area contributed by atoms with E-state index in [4.69, 9.17) is 0 Å². The Morgan fingerprint density at radius 3 is 2.81 bits per heavy atom. The highest BCUT2D eigenvalue weighted by atomic mass is 32.2. The van der Waals surface area contributed by atoms with Gasteiger partial charge in [0.15, 0.2) is 0 Å². The second-order valence-electron chi connectivity index (χ2n) is 5.73. The molecule has 120 valence electrons. The second-order valence-corrected chi connectivity index (χ2v) is 8.98. The lowest BCUT2D eigenvalue weighted by atomic mass is 10.1. The standard InChI is InChI=1S/C15H26N2O2S2/c1-4-13-8-6-5-7-9-17(13)21(18,19)15-10-12(2)14(20-15)11-16-3/h10,13,16H,4-9,11H2,1-3H3. The maximum absolute atomic E-state index is 13.0. The third-order valence-corrected chi connectivity index (χ3v) is 7.83. The summed E-state index contributed by atoms with van der Waals surface area (Å²) < 4.78 is 28.3. The minimum Gasteiger partial charge on any atom is -0.315 e. The first kappa shape index (κ1) is 16.9. The fourth-order valence-electron chi connectivity index (χ4n) is 2.94. The maximum Gasteiger partial charge on any atom is 0.252 e. The van der Waals surface area contributed by atoms with E-state index in [0.717, 1.165) is 49.1 Å². The van der Waals surface area contributed by atoms with Crippen LogP contribution in [0.2, 0.25) is 0 Å². The van der Waals surface area contributed by atoms with Crippen molar-refractivity contribution in [2.45, 2.75) is 62.7 Å². The quantitative estimate of drug-likeness (QED) is 0.902. The first-order valence-corrected chi connectivity index (χ1v) is 10.0. The van der Waals surface area contributed by atoms with E-state index in [1.807, 2.05) is 20.0 Å². The van der Waals surface area contributed by atoms with Gasteiger partial charge in [-0.1, -0.05) is 19.8 Å². The number of nitrogens with one attached hydrogen (secondary N) is 1. The smallest absolute Gasteiger partial charge is 0.252 e. The number of hydrogen-bond donors (Lipinski definition) is 1. The minimum absolute atomic E-state index is 0.160. The first-order chi connectivity index (χ1) is 10.0. The fraction of sp³-hybridized carbons (Fsp3) is 0.733. The van der Waals surface area contributed by atoms with Gasteiger partial charge >= 0.3 is 0 Å². The molecule has 0 aliphatic carbocycles. The summed E-state index contributed by atoms with van der Waals surface area (Å²) in [6.07, 6.45) is 5.13. The van der Waals surface area contributed by atoms with Crippen LogP contribution in [-0.4, -0.2) is 32.4 Å². The molecule has 1 saturated heterocycles. The van der Waals surface area contributed by atoms with Gasteiger partial charge in [-0.25, -0.2) is 8.42 Å². The predicted octanol–water partition coefficient (Wildman–Crippen LogP) is 3.12. The number of rotatable bonds is 5. The number of nitrogens with zero attached hydrogens (tertiary/aromatic N) is 1. The Morgan fingerprint density at radius 2 is 2.14 bits per heavy atom. The van der Waals surface area contributed by atoms with Gasteiger partial charge in [-0.3, -0.25) is 0 Å². The molecule has 4 nitrogen and oxygen atoms in total. The molecule has 0 aromatic carbocycles. The number of hydrogen-bond acceptors (Lipinski definition) is 4. The van der Waals surface area contributed by atoms with Crippen LogP contribution in [0.25, 0.3) is 0 Å². The summed E-state index contributed by atoms with van der Waals surface area (Å²) in [5.74, 6) is 0. The Labute approximate surface area is 132 Å². The van der Waals surface area contributed by atoms with Gasteiger partial charge in [0.05, 0.1) is 0 Å². The van der Waals surface area contributed by atoms with E-state index in [1.54, 1.807) is 4.31 Å². The zero-order chi connectivity index (χ0) is 15.5. The Bertz CT molecular complexity index is 566. The monoisotopic (exact) mass is 330 g/mol. The van der Waals surface area contributed by atoms with Gasteiger partial charge in [-0.2, -0.15) is 4.31 Å². The van der Waals surface area contributed by atoms with Gasteiger partial charge in [0, 0.05) is 24.0 Å². The largest absolute Gasteiger partial charge is 0.315 e. The zero-order valence-electron chi connectivity index (χ0n) is 13.2. The van der Waals surface area contributed by atoms with Crippen LogP contribution >= 0.6 is 11.3 Å². The van der Waals surface area contributed by atoms with Crippen LogP contribution in [-0.2, 0) is 16.6 Å². The normalized spacial score (nSPS) is 21.4. The number of thiophene rings is 1. The van der Waals surface area contributed by atoms with Gasteiger partial charge in [0.25, 0.3) is 10.0 Å². The van der Waals surface area contributed by atoms with E-state index >= 15 is 0 Å². The highest BCUT2D eigenvalue weighted by molar-refractivity contribution is 7.91. The molecule has 21 heavy (non-hydrogen) atoms. The van der Waals surface area contributed by atoms with E-state index in [2.05, 4.69) is 12.2 Å². The van der Waals surface area contributed by atoms with Gasteiger partial charge in [-0.15, -0.1) is 11.3 Å². The van der Waals surface area contributed by atoms with Gasteiger partial charge < -0.3 is 5.32 Å². The third-order valence-electron chi connectivity index (χ3n) is 4.19. The van der Waals surface area contributed by atoms with Crippen molar-refractivity contribution in [3.05, 3.63) is 16.5 Å². The molecule has 1 aliphatic heterocycles. The Hall–Kier alpha value is -0.430. The third kappa shape index (κ3) is 3.67. The maximum atomic E-state index is 13.0. The summed E-state index contributed by atoms with van der Waals surface area (Å²) in [7, 11) is -1.46. The van der Waals surface area contributed by atoms with Gasteiger partial charge in [-0.05, 0) is 44.9 Å². The molecular formula is C15H26N2O2S2. The highest BCUT2D eigenvalue weighted by Gasteiger charge is 2.32. The van der Waals surface area contributed by atoms with Gasteiger partial charge in [0.1, 0.15) is 4.21 Å². The molecule has 0 radical (unpaired) electrons. The summed E-state index contributed by atoms with van der Waals surface area (Å²) >= 11 is 1.41. The van der Waals surface area contributed by atoms with Crippen LogP contribution in [0.3, 0.4) is 0 Å². The summed E-state index contributed by atoms with van der Waals surface area (Å²) in [5, 5.41) is 3.10. The Kier molecular flexibility index (Phi) is 5.82.